The minimum atomic E-state index is -0.633. The summed E-state index contributed by atoms with van der Waals surface area (Å²) in [5.41, 5.74) is 0.983. The number of hydrogen-bond donors (Lipinski definition) is 0. The van der Waals surface area contributed by atoms with Crippen LogP contribution in [-0.4, -0.2) is 34.2 Å². The van der Waals surface area contributed by atoms with Gasteiger partial charge in [0.05, 0.1) is 23.2 Å². The molecule has 0 radical (unpaired) electrons. The highest BCUT2D eigenvalue weighted by Gasteiger charge is 2.14. The van der Waals surface area contributed by atoms with Crippen LogP contribution >= 0.6 is 0 Å². The highest BCUT2D eigenvalue weighted by Crippen LogP contribution is 2.21. The van der Waals surface area contributed by atoms with Crippen LogP contribution in [0.15, 0.2) is 52.9 Å². The second kappa shape index (κ2) is 8.08. The number of ether oxygens (including phenoxy) is 2. The van der Waals surface area contributed by atoms with Crippen LogP contribution in [0.2, 0.25) is 0 Å². The molecular formula is C18H13N3O7. The van der Waals surface area contributed by atoms with Crippen LogP contribution in [0, 0.1) is 10.1 Å². The number of carbonyl (C=O) groups is 2. The molecule has 1 heterocycles. The van der Waals surface area contributed by atoms with Crippen LogP contribution in [0.4, 0.5) is 5.69 Å². The number of nitro benzene ring substituents is 1. The average Bonchev–Trinajstić information content (AvgIpc) is 3.20. The summed E-state index contributed by atoms with van der Waals surface area (Å²) in [5.74, 6) is -0.938. The Morgan fingerprint density at radius 1 is 1.00 bits per heavy atom. The van der Waals surface area contributed by atoms with E-state index in [0.717, 1.165) is 0 Å². The van der Waals surface area contributed by atoms with E-state index < -0.39 is 16.9 Å². The summed E-state index contributed by atoms with van der Waals surface area (Å²) in [7, 11) is 1.26. The van der Waals surface area contributed by atoms with Crippen molar-refractivity contribution >= 4 is 17.6 Å². The summed E-state index contributed by atoms with van der Waals surface area (Å²) < 4.78 is 15.1. The standard InChI is InChI=1S/C18H13N3O7/c1-26-17(22)12-2-4-13(5-3-12)18(23)27-10-15-19-20-16(28-15)11-6-8-14(9-7-11)21(24)25/h2-9H,10H2,1H3. The summed E-state index contributed by atoms with van der Waals surface area (Å²) in [6, 6.07) is 11.3. The lowest BCUT2D eigenvalue weighted by Crippen LogP contribution is -2.07. The molecule has 10 heteroatoms. The number of benzene rings is 2. The van der Waals surface area contributed by atoms with Crippen molar-refractivity contribution in [2.45, 2.75) is 6.61 Å². The van der Waals surface area contributed by atoms with Crippen LogP contribution in [0.5, 0.6) is 0 Å². The van der Waals surface area contributed by atoms with Gasteiger partial charge in [-0.25, -0.2) is 9.59 Å². The van der Waals surface area contributed by atoms with E-state index in [0.29, 0.717) is 11.1 Å². The van der Waals surface area contributed by atoms with Gasteiger partial charge in [0.2, 0.25) is 5.89 Å². The van der Waals surface area contributed by atoms with E-state index in [4.69, 9.17) is 9.15 Å². The Balaban J connectivity index is 1.61. The summed E-state index contributed by atoms with van der Waals surface area (Å²) in [6.45, 7) is -0.252. The van der Waals surface area contributed by atoms with Gasteiger partial charge in [-0.1, -0.05) is 0 Å². The zero-order chi connectivity index (χ0) is 20.1. The number of methoxy groups -OCH3 is 1. The molecule has 0 aliphatic carbocycles. The molecule has 0 aliphatic heterocycles. The molecule has 1 aromatic heterocycles. The molecule has 0 fully saturated rings. The molecule has 2 aromatic carbocycles. The Kier molecular flexibility index (Phi) is 5.40. The number of non-ortho nitro benzene ring substituents is 1. The molecule has 0 saturated carbocycles. The first kappa shape index (κ1) is 18.7. The monoisotopic (exact) mass is 383 g/mol. The molecule has 0 atom stereocenters. The highest BCUT2D eigenvalue weighted by atomic mass is 16.6. The second-order valence-electron chi connectivity index (χ2n) is 5.45. The number of rotatable bonds is 6. The quantitative estimate of drug-likeness (QED) is 0.357. The topological polar surface area (TPSA) is 135 Å². The van der Waals surface area contributed by atoms with Gasteiger partial charge in [0.15, 0.2) is 6.61 Å². The van der Waals surface area contributed by atoms with Crippen molar-refractivity contribution < 1.29 is 28.4 Å². The van der Waals surface area contributed by atoms with Crippen LogP contribution < -0.4 is 0 Å². The number of aromatic nitrogens is 2. The zero-order valence-corrected chi connectivity index (χ0v) is 14.5. The van der Waals surface area contributed by atoms with Crippen LogP contribution in [0.25, 0.3) is 11.5 Å². The molecular weight excluding hydrogens is 370 g/mol. The Morgan fingerprint density at radius 3 is 2.18 bits per heavy atom. The first-order valence-electron chi connectivity index (χ1n) is 7.90. The summed E-state index contributed by atoms with van der Waals surface area (Å²) in [6.07, 6.45) is 0. The molecule has 0 spiro atoms. The van der Waals surface area contributed by atoms with Gasteiger partial charge < -0.3 is 13.9 Å². The van der Waals surface area contributed by atoms with E-state index in [2.05, 4.69) is 14.9 Å². The lowest BCUT2D eigenvalue weighted by Gasteiger charge is -2.03. The van der Waals surface area contributed by atoms with Crippen molar-refractivity contribution in [3.63, 3.8) is 0 Å². The third-order valence-electron chi connectivity index (χ3n) is 3.66. The minimum Gasteiger partial charge on any atom is -0.465 e. The van der Waals surface area contributed by atoms with Crippen molar-refractivity contribution in [2.75, 3.05) is 7.11 Å². The summed E-state index contributed by atoms with van der Waals surface area (Å²) in [5, 5.41) is 18.3. The van der Waals surface area contributed by atoms with Gasteiger partial charge in [-0.05, 0) is 36.4 Å². The van der Waals surface area contributed by atoms with Crippen molar-refractivity contribution in [3.8, 4) is 11.5 Å². The van der Waals surface area contributed by atoms with Gasteiger partial charge in [-0.2, -0.15) is 0 Å². The molecule has 3 rings (SSSR count). The predicted molar refractivity (Wildman–Crippen MR) is 93.3 cm³/mol. The average molecular weight is 383 g/mol. The van der Waals surface area contributed by atoms with Gasteiger partial charge in [0.1, 0.15) is 0 Å². The minimum absolute atomic E-state index is 0.0596. The van der Waals surface area contributed by atoms with E-state index in [1.807, 2.05) is 0 Å². The molecule has 10 nitrogen and oxygen atoms in total. The number of carbonyl (C=O) groups excluding carboxylic acids is 2. The molecule has 3 aromatic rings. The lowest BCUT2D eigenvalue weighted by atomic mass is 10.1. The van der Waals surface area contributed by atoms with Gasteiger partial charge in [0, 0.05) is 17.7 Å². The van der Waals surface area contributed by atoms with E-state index >= 15 is 0 Å². The van der Waals surface area contributed by atoms with Gasteiger partial charge >= 0.3 is 11.9 Å². The molecule has 0 aliphatic rings. The van der Waals surface area contributed by atoms with Gasteiger partial charge in [0.25, 0.3) is 11.6 Å². The summed E-state index contributed by atoms with van der Waals surface area (Å²) in [4.78, 5) is 33.6. The van der Waals surface area contributed by atoms with Crippen molar-refractivity contribution in [1.29, 1.82) is 0 Å². The van der Waals surface area contributed by atoms with Crippen LogP contribution in [0.1, 0.15) is 26.6 Å². The Bertz CT molecular complexity index is 1010. The van der Waals surface area contributed by atoms with Crippen molar-refractivity contribution in [2.24, 2.45) is 0 Å². The van der Waals surface area contributed by atoms with E-state index in [1.165, 1.54) is 55.6 Å². The van der Waals surface area contributed by atoms with Gasteiger partial charge in [-0.15, -0.1) is 10.2 Å². The zero-order valence-electron chi connectivity index (χ0n) is 14.5. The SMILES string of the molecule is COC(=O)c1ccc(C(=O)OCc2nnc(-c3ccc([N+](=O)[O-])cc3)o2)cc1. The maximum Gasteiger partial charge on any atom is 0.338 e. The fraction of sp³-hybridized carbons (Fsp3) is 0.111. The smallest absolute Gasteiger partial charge is 0.338 e. The fourth-order valence-corrected chi connectivity index (χ4v) is 2.23. The van der Waals surface area contributed by atoms with E-state index in [9.17, 15) is 19.7 Å². The largest absolute Gasteiger partial charge is 0.465 e. The Morgan fingerprint density at radius 2 is 1.61 bits per heavy atom. The number of esters is 2. The number of nitrogens with zero attached hydrogens (tertiary/aromatic N) is 3. The first-order chi connectivity index (χ1) is 13.5. The molecule has 0 amide bonds. The fourth-order valence-electron chi connectivity index (χ4n) is 2.23. The summed E-state index contributed by atoms with van der Waals surface area (Å²) >= 11 is 0. The molecule has 0 saturated heterocycles. The van der Waals surface area contributed by atoms with E-state index in [-0.39, 0.29) is 29.6 Å². The molecule has 142 valence electrons. The van der Waals surface area contributed by atoms with E-state index in [1.54, 1.807) is 0 Å². The Labute approximate surface area is 157 Å². The maximum absolute atomic E-state index is 12.1. The first-order valence-corrected chi connectivity index (χ1v) is 7.90. The van der Waals surface area contributed by atoms with Crippen molar-refractivity contribution in [3.05, 3.63) is 75.7 Å². The van der Waals surface area contributed by atoms with Crippen LogP contribution in [-0.2, 0) is 16.1 Å². The molecule has 0 unspecified atom stereocenters. The third kappa shape index (κ3) is 4.18. The predicted octanol–water partition coefficient (Wildman–Crippen LogP) is 2.79. The number of nitro groups is 1. The molecule has 0 N–H and O–H groups in total. The normalized spacial score (nSPS) is 10.3. The van der Waals surface area contributed by atoms with Crippen LogP contribution in [0.3, 0.4) is 0 Å². The third-order valence-corrected chi connectivity index (χ3v) is 3.66. The maximum atomic E-state index is 12.1. The highest BCUT2D eigenvalue weighted by molar-refractivity contribution is 5.93. The van der Waals surface area contributed by atoms with Crippen molar-refractivity contribution in [1.82, 2.24) is 10.2 Å². The van der Waals surface area contributed by atoms with Gasteiger partial charge in [-0.3, -0.25) is 10.1 Å². The Hall–Kier alpha value is -4.08. The molecule has 0 bridgehead atoms. The second-order valence-corrected chi connectivity index (χ2v) is 5.45. The number of hydrogen-bond acceptors (Lipinski definition) is 9. The molecule has 28 heavy (non-hydrogen) atoms. The lowest BCUT2D eigenvalue weighted by molar-refractivity contribution is -0.384.